The van der Waals surface area contributed by atoms with Gasteiger partial charge < -0.3 is 4.74 Å². The van der Waals surface area contributed by atoms with Gasteiger partial charge in [-0.05, 0) is 38.0 Å². The summed E-state index contributed by atoms with van der Waals surface area (Å²) in [4.78, 5) is 44.2. The summed E-state index contributed by atoms with van der Waals surface area (Å²) in [5, 5.41) is 0.369. The molecule has 3 rings (SSSR count). The van der Waals surface area contributed by atoms with Gasteiger partial charge in [-0.3, -0.25) is 14.2 Å². The second-order valence-corrected chi connectivity index (χ2v) is 7.84. The van der Waals surface area contributed by atoms with Crippen LogP contribution >= 0.6 is 22.7 Å². The molecule has 0 radical (unpaired) electrons. The van der Waals surface area contributed by atoms with Crippen LogP contribution in [0.4, 0.5) is 0 Å². The van der Waals surface area contributed by atoms with E-state index in [1.54, 1.807) is 19.9 Å². The molecule has 0 atom stereocenters. The number of fused-ring (bicyclic) bond motifs is 1. The monoisotopic (exact) mass is 390 g/mol. The second kappa shape index (κ2) is 7.51. The minimum Gasteiger partial charge on any atom is -0.462 e. The Bertz CT molecular complexity index is 1050. The number of hydrogen-bond acceptors (Lipinski definition) is 7. The third kappa shape index (κ3) is 3.34. The minimum atomic E-state index is -0.458. The summed E-state index contributed by atoms with van der Waals surface area (Å²) in [5.41, 5.74) is 0.229. The first-order valence-corrected chi connectivity index (χ1v) is 9.87. The Kier molecular flexibility index (Phi) is 5.33. The molecule has 0 aliphatic heterocycles. The first-order chi connectivity index (χ1) is 12.5. The average molecular weight is 390 g/mol. The van der Waals surface area contributed by atoms with Crippen LogP contribution in [0.2, 0.25) is 0 Å². The highest BCUT2D eigenvalue weighted by molar-refractivity contribution is 7.20. The molecule has 3 aromatic heterocycles. The van der Waals surface area contributed by atoms with Crippen molar-refractivity contribution >= 4 is 44.6 Å². The molecule has 0 N–H and O–H groups in total. The number of ether oxygens (including phenoxy) is 1. The number of aromatic nitrogens is 2. The van der Waals surface area contributed by atoms with Crippen LogP contribution in [0.3, 0.4) is 0 Å². The molecule has 0 bridgehead atoms. The highest BCUT2D eigenvalue weighted by atomic mass is 32.1. The van der Waals surface area contributed by atoms with Crippen molar-refractivity contribution in [3.05, 3.63) is 49.0 Å². The average Bonchev–Trinajstić information content (AvgIpc) is 3.22. The van der Waals surface area contributed by atoms with Gasteiger partial charge in [0.05, 0.1) is 29.7 Å². The van der Waals surface area contributed by atoms with Crippen LogP contribution in [-0.2, 0) is 17.7 Å². The lowest BCUT2D eigenvalue weighted by molar-refractivity contribution is 0.0531. The van der Waals surface area contributed by atoms with E-state index in [4.69, 9.17) is 4.74 Å². The standard InChI is InChI=1S/C18H18N2O4S2/c1-4-11-6-7-13(25-11)12(21)8-20-9-19-16-14(17(20)22)10(3)15(26-16)18(23)24-5-2/h6-7,9H,4-5,8H2,1-3H3. The number of aryl methyl sites for hydroxylation is 2. The number of rotatable bonds is 6. The van der Waals surface area contributed by atoms with Gasteiger partial charge in [0, 0.05) is 4.88 Å². The third-order valence-electron chi connectivity index (χ3n) is 3.98. The van der Waals surface area contributed by atoms with Crippen molar-refractivity contribution in [2.45, 2.75) is 33.7 Å². The van der Waals surface area contributed by atoms with Crippen molar-refractivity contribution in [3.63, 3.8) is 0 Å². The zero-order chi connectivity index (χ0) is 18.8. The molecule has 26 heavy (non-hydrogen) atoms. The maximum absolute atomic E-state index is 12.8. The normalized spacial score (nSPS) is 11.0. The summed E-state index contributed by atoms with van der Waals surface area (Å²) in [6.45, 7) is 5.65. The predicted octanol–water partition coefficient (Wildman–Crippen LogP) is 3.45. The molecule has 0 unspecified atom stereocenters. The van der Waals surface area contributed by atoms with E-state index in [0.717, 1.165) is 22.6 Å². The first-order valence-electron chi connectivity index (χ1n) is 8.23. The molecule has 8 heteroatoms. The number of carbonyl (C=O) groups excluding carboxylic acids is 2. The van der Waals surface area contributed by atoms with Gasteiger partial charge in [-0.15, -0.1) is 22.7 Å². The van der Waals surface area contributed by atoms with E-state index in [0.29, 0.717) is 25.5 Å². The molecule has 0 aromatic carbocycles. The molecule has 0 saturated carbocycles. The molecule has 0 aliphatic carbocycles. The number of nitrogens with zero attached hydrogens (tertiary/aromatic N) is 2. The first kappa shape index (κ1) is 18.5. The van der Waals surface area contributed by atoms with E-state index in [-0.39, 0.29) is 24.5 Å². The maximum Gasteiger partial charge on any atom is 0.348 e. The Hall–Kier alpha value is -2.32. The molecular formula is C18H18N2O4S2. The van der Waals surface area contributed by atoms with Crippen molar-refractivity contribution in [2.24, 2.45) is 0 Å². The summed E-state index contributed by atoms with van der Waals surface area (Å²) in [5.74, 6) is -0.586. The molecule has 3 aromatic rings. The Morgan fingerprint density at radius 2 is 2.00 bits per heavy atom. The van der Waals surface area contributed by atoms with E-state index in [1.165, 1.54) is 22.2 Å². The molecule has 0 saturated heterocycles. The fourth-order valence-electron chi connectivity index (χ4n) is 2.61. The maximum atomic E-state index is 12.8. The van der Waals surface area contributed by atoms with Gasteiger partial charge in [0.15, 0.2) is 5.78 Å². The lowest BCUT2D eigenvalue weighted by atomic mass is 10.2. The highest BCUT2D eigenvalue weighted by Gasteiger charge is 2.21. The topological polar surface area (TPSA) is 78.3 Å². The smallest absolute Gasteiger partial charge is 0.348 e. The van der Waals surface area contributed by atoms with Crippen molar-refractivity contribution in [1.82, 2.24) is 9.55 Å². The third-order valence-corrected chi connectivity index (χ3v) is 6.43. The van der Waals surface area contributed by atoms with Crippen molar-refractivity contribution in [2.75, 3.05) is 6.61 Å². The van der Waals surface area contributed by atoms with Crippen LogP contribution in [0.25, 0.3) is 10.2 Å². The lowest BCUT2D eigenvalue weighted by Gasteiger charge is -2.04. The molecule has 136 valence electrons. The number of Topliss-reactive ketones (excluding diaryl/α,β-unsaturated/α-hetero) is 1. The number of esters is 1. The van der Waals surface area contributed by atoms with E-state index in [1.807, 2.05) is 13.0 Å². The Labute approximate surface area is 158 Å². The zero-order valence-electron chi connectivity index (χ0n) is 14.7. The van der Waals surface area contributed by atoms with Crippen molar-refractivity contribution in [3.8, 4) is 0 Å². The number of thiophene rings is 2. The van der Waals surface area contributed by atoms with Crippen LogP contribution in [0.15, 0.2) is 23.3 Å². The largest absolute Gasteiger partial charge is 0.462 e. The van der Waals surface area contributed by atoms with E-state index >= 15 is 0 Å². The number of carbonyl (C=O) groups is 2. The summed E-state index contributed by atoms with van der Waals surface area (Å²) in [7, 11) is 0. The van der Waals surface area contributed by atoms with Crippen LogP contribution in [0.1, 0.15) is 43.6 Å². The Morgan fingerprint density at radius 1 is 1.23 bits per heavy atom. The van der Waals surface area contributed by atoms with Gasteiger partial charge in [0.25, 0.3) is 5.56 Å². The number of hydrogen-bond donors (Lipinski definition) is 0. The van der Waals surface area contributed by atoms with E-state index in [2.05, 4.69) is 4.98 Å². The summed E-state index contributed by atoms with van der Waals surface area (Å²) >= 11 is 2.58. The Balaban J connectivity index is 1.96. The number of ketones is 1. The molecule has 0 amide bonds. The van der Waals surface area contributed by atoms with Crippen molar-refractivity contribution in [1.29, 1.82) is 0 Å². The van der Waals surface area contributed by atoms with Gasteiger partial charge in [0.1, 0.15) is 9.71 Å². The van der Waals surface area contributed by atoms with Gasteiger partial charge in [-0.1, -0.05) is 6.92 Å². The zero-order valence-corrected chi connectivity index (χ0v) is 16.3. The van der Waals surface area contributed by atoms with E-state index < -0.39 is 5.97 Å². The summed E-state index contributed by atoms with van der Waals surface area (Å²) < 4.78 is 6.32. The Morgan fingerprint density at radius 3 is 2.65 bits per heavy atom. The molecule has 3 heterocycles. The van der Waals surface area contributed by atoms with E-state index in [9.17, 15) is 14.4 Å². The molecule has 0 spiro atoms. The van der Waals surface area contributed by atoms with Gasteiger partial charge >= 0.3 is 5.97 Å². The van der Waals surface area contributed by atoms with Gasteiger partial charge in [-0.25, -0.2) is 9.78 Å². The van der Waals surface area contributed by atoms with Crippen LogP contribution in [0.5, 0.6) is 0 Å². The predicted molar refractivity (Wildman–Crippen MR) is 103 cm³/mol. The molecular weight excluding hydrogens is 372 g/mol. The summed E-state index contributed by atoms with van der Waals surface area (Å²) in [6.07, 6.45) is 2.23. The molecule has 6 nitrogen and oxygen atoms in total. The van der Waals surface area contributed by atoms with Gasteiger partial charge in [0.2, 0.25) is 0 Å². The van der Waals surface area contributed by atoms with Crippen LogP contribution in [0, 0.1) is 6.92 Å². The second-order valence-electron chi connectivity index (χ2n) is 5.68. The fourth-order valence-corrected chi connectivity index (χ4v) is 4.52. The molecule has 0 fully saturated rings. The van der Waals surface area contributed by atoms with Crippen molar-refractivity contribution < 1.29 is 14.3 Å². The van der Waals surface area contributed by atoms with Gasteiger partial charge in [-0.2, -0.15) is 0 Å². The van der Waals surface area contributed by atoms with Crippen LogP contribution in [-0.4, -0.2) is 27.9 Å². The molecule has 0 aliphatic rings. The lowest BCUT2D eigenvalue weighted by Crippen LogP contribution is -2.24. The van der Waals surface area contributed by atoms with Crippen LogP contribution < -0.4 is 5.56 Å². The SMILES string of the molecule is CCOC(=O)c1sc2ncn(CC(=O)c3ccc(CC)s3)c(=O)c2c1C. The highest BCUT2D eigenvalue weighted by Crippen LogP contribution is 2.27. The quantitative estimate of drug-likeness (QED) is 0.476. The minimum absolute atomic E-state index is 0.0739. The fraction of sp³-hybridized carbons (Fsp3) is 0.333. The summed E-state index contributed by atoms with van der Waals surface area (Å²) in [6, 6.07) is 3.72.